The van der Waals surface area contributed by atoms with E-state index >= 15 is 0 Å². The van der Waals surface area contributed by atoms with Gasteiger partial charge in [-0.25, -0.2) is 4.98 Å². The van der Waals surface area contributed by atoms with Crippen LogP contribution in [0.2, 0.25) is 0 Å². The monoisotopic (exact) mass is 295 g/mol. The van der Waals surface area contributed by atoms with Gasteiger partial charge in [0.05, 0.1) is 10.7 Å². The van der Waals surface area contributed by atoms with Gasteiger partial charge in [-0.05, 0) is 35.0 Å². The van der Waals surface area contributed by atoms with Crippen LogP contribution in [0.1, 0.15) is 12.7 Å². The molecule has 0 spiro atoms. The molecule has 0 saturated heterocycles. The Morgan fingerprint density at radius 1 is 1.41 bits per heavy atom. The summed E-state index contributed by atoms with van der Waals surface area (Å²) in [6, 6.07) is 7.73. The molecule has 1 heterocycles. The van der Waals surface area contributed by atoms with Gasteiger partial charge in [-0.2, -0.15) is 0 Å². The normalized spacial score (nSPS) is 10.5. The second kappa shape index (κ2) is 5.23. The Balaban J connectivity index is 2.10. The number of hydrogen-bond acceptors (Lipinski definition) is 3. The molecule has 0 aliphatic carbocycles. The van der Waals surface area contributed by atoms with Crippen LogP contribution in [0.4, 0.5) is 5.82 Å². The zero-order valence-electron chi connectivity index (χ0n) is 9.56. The van der Waals surface area contributed by atoms with E-state index in [0.717, 1.165) is 22.6 Å². The van der Waals surface area contributed by atoms with Crippen LogP contribution in [-0.2, 0) is 13.2 Å². The molecule has 0 saturated carbocycles. The van der Waals surface area contributed by atoms with E-state index in [1.54, 1.807) is 6.20 Å². The zero-order chi connectivity index (χ0) is 12.3. The molecule has 2 N–H and O–H groups in total. The molecule has 0 amide bonds. The lowest BCUT2D eigenvalue weighted by molar-refractivity contribution is 0.288. The van der Waals surface area contributed by atoms with E-state index in [0.29, 0.717) is 12.4 Å². The third kappa shape index (κ3) is 2.61. The van der Waals surface area contributed by atoms with Crippen LogP contribution >= 0.6 is 15.9 Å². The van der Waals surface area contributed by atoms with E-state index in [1.807, 2.05) is 35.8 Å². The SMILES string of the molecule is CCn1c(N)cnc1COc1ccccc1Br. The minimum absolute atomic E-state index is 0.410. The second-order valence-electron chi connectivity index (χ2n) is 3.56. The van der Waals surface area contributed by atoms with Crippen molar-refractivity contribution in [3.8, 4) is 5.75 Å². The zero-order valence-corrected chi connectivity index (χ0v) is 11.1. The molecule has 90 valence electrons. The first-order chi connectivity index (χ1) is 8.22. The molecule has 0 aliphatic heterocycles. The summed E-state index contributed by atoms with van der Waals surface area (Å²) in [6.07, 6.45) is 1.65. The van der Waals surface area contributed by atoms with E-state index in [9.17, 15) is 0 Å². The van der Waals surface area contributed by atoms with E-state index in [1.165, 1.54) is 0 Å². The number of halogens is 1. The fourth-order valence-corrected chi connectivity index (χ4v) is 2.01. The Morgan fingerprint density at radius 2 is 2.18 bits per heavy atom. The molecule has 1 aromatic heterocycles. The van der Waals surface area contributed by atoms with Crippen molar-refractivity contribution in [3.63, 3.8) is 0 Å². The van der Waals surface area contributed by atoms with Gasteiger partial charge in [-0.15, -0.1) is 0 Å². The third-order valence-electron chi connectivity index (χ3n) is 2.48. The van der Waals surface area contributed by atoms with Crippen molar-refractivity contribution in [2.75, 3.05) is 5.73 Å². The van der Waals surface area contributed by atoms with Gasteiger partial charge in [0, 0.05) is 6.54 Å². The Kier molecular flexibility index (Phi) is 3.68. The van der Waals surface area contributed by atoms with Crippen molar-refractivity contribution in [2.45, 2.75) is 20.1 Å². The van der Waals surface area contributed by atoms with Gasteiger partial charge in [0.25, 0.3) is 0 Å². The smallest absolute Gasteiger partial charge is 0.148 e. The molecule has 0 atom stereocenters. The highest BCUT2D eigenvalue weighted by atomic mass is 79.9. The van der Waals surface area contributed by atoms with Crippen LogP contribution in [0, 0.1) is 0 Å². The summed E-state index contributed by atoms with van der Waals surface area (Å²) in [5.41, 5.74) is 5.79. The highest BCUT2D eigenvalue weighted by Crippen LogP contribution is 2.24. The molecular weight excluding hydrogens is 282 g/mol. The average molecular weight is 296 g/mol. The van der Waals surface area contributed by atoms with Gasteiger partial charge in [0.1, 0.15) is 24.0 Å². The van der Waals surface area contributed by atoms with Crippen molar-refractivity contribution in [2.24, 2.45) is 0 Å². The Hall–Kier alpha value is -1.49. The number of nitrogen functional groups attached to an aromatic ring is 1. The number of imidazole rings is 1. The van der Waals surface area contributed by atoms with Gasteiger partial charge < -0.3 is 15.0 Å². The summed E-state index contributed by atoms with van der Waals surface area (Å²) in [5.74, 6) is 2.30. The van der Waals surface area contributed by atoms with Crippen molar-refractivity contribution in [1.29, 1.82) is 0 Å². The summed E-state index contributed by atoms with van der Waals surface area (Å²) in [7, 11) is 0. The molecule has 1 aromatic carbocycles. The molecule has 0 unspecified atom stereocenters. The molecule has 4 nitrogen and oxygen atoms in total. The predicted octanol–water partition coefficient (Wildman–Crippen LogP) is 2.83. The largest absolute Gasteiger partial charge is 0.484 e. The number of nitrogens with zero attached hydrogens (tertiary/aromatic N) is 2. The second-order valence-corrected chi connectivity index (χ2v) is 4.42. The highest BCUT2D eigenvalue weighted by Gasteiger charge is 2.07. The van der Waals surface area contributed by atoms with Gasteiger partial charge in [0.15, 0.2) is 0 Å². The maximum Gasteiger partial charge on any atom is 0.148 e. The quantitative estimate of drug-likeness (QED) is 0.944. The van der Waals surface area contributed by atoms with Crippen molar-refractivity contribution in [3.05, 3.63) is 40.8 Å². The van der Waals surface area contributed by atoms with E-state index in [2.05, 4.69) is 20.9 Å². The fraction of sp³-hybridized carbons (Fsp3) is 0.250. The van der Waals surface area contributed by atoms with Crippen molar-refractivity contribution in [1.82, 2.24) is 9.55 Å². The Bertz CT molecular complexity index is 510. The fourth-order valence-electron chi connectivity index (χ4n) is 1.61. The van der Waals surface area contributed by atoms with Gasteiger partial charge in [-0.1, -0.05) is 12.1 Å². The predicted molar refractivity (Wildman–Crippen MR) is 70.8 cm³/mol. The average Bonchev–Trinajstić information content (AvgIpc) is 2.69. The summed E-state index contributed by atoms with van der Waals surface area (Å²) in [5, 5.41) is 0. The molecule has 2 aromatic rings. The summed E-state index contributed by atoms with van der Waals surface area (Å²) >= 11 is 3.43. The van der Waals surface area contributed by atoms with Gasteiger partial charge in [0.2, 0.25) is 0 Å². The lowest BCUT2D eigenvalue weighted by atomic mass is 10.3. The first-order valence-corrected chi connectivity index (χ1v) is 6.19. The molecule has 2 rings (SSSR count). The lowest BCUT2D eigenvalue weighted by Gasteiger charge is -2.09. The van der Waals surface area contributed by atoms with Crippen LogP contribution in [0.3, 0.4) is 0 Å². The topological polar surface area (TPSA) is 53.1 Å². The summed E-state index contributed by atoms with van der Waals surface area (Å²) in [6.45, 7) is 3.23. The number of rotatable bonds is 4. The molecule has 0 radical (unpaired) electrons. The number of anilines is 1. The van der Waals surface area contributed by atoms with Gasteiger partial charge >= 0.3 is 0 Å². The molecular formula is C12H14BrN3O. The molecule has 0 aliphatic rings. The van der Waals surface area contributed by atoms with Crippen LogP contribution in [0.5, 0.6) is 5.75 Å². The van der Waals surface area contributed by atoms with Crippen LogP contribution < -0.4 is 10.5 Å². The van der Waals surface area contributed by atoms with Crippen molar-refractivity contribution >= 4 is 21.7 Å². The maximum atomic E-state index is 5.79. The molecule has 5 heteroatoms. The summed E-state index contributed by atoms with van der Waals surface area (Å²) in [4.78, 5) is 4.23. The molecule has 17 heavy (non-hydrogen) atoms. The maximum absolute atomic E-state index is 5.79. The first kappa shape index (κ1) is 12.0. The Morgan fingerprint density at radius 3 is 2.88 bits per heavy atom. The lowest BCUT2D eigenvalue weighted by Crippen LogP contribution is -2.08. The number of hydrogen-bond donors (Lipinski definition) is 1. The van der Waals surface area contributed by atoms with Crippen molar-refractivity contribution < 1.29 is 4.74 Å². The van der Waals surface area contributed by atoms with Crippen LogP contribution in [0.15, 0.2) is 34.9 Å². The highest BCUT2D eigenvalue weighted by molar-refractivity contribution is 9.10. The molecule has 0 bridgehead atoms. The number of ether oxygens (including phenoxy) is 1. The Labute approximate surface area is 109 Å². The number of para-hydroxylation sites is 1. The minimum Gasteiger partial charge on any atom is -0.484 e. The van der Waals surface area contributed by atoms with E-state index in [-0.39, 0.29) is 0 Å². The number of aromatic nitrogens is 2. The third-order valence-corrected chi connectivity index (χ3v) is 3.13. The van der Waals surface area contributed by atoms with Gasteiger partial charge in [-0.3, -0.25) is 0 Å². The van der Waals surface area contributed by atoms with Crippen LogP contribution in [0.25, 0.3) is 0 Å². The van der Waals surface area contributed by atoms with E-state index in [4.69, 9.17) is 10.5 Å². The number of benzene rings is 1. The number of nitrogens with two attached hydrogens (primary N) is 1. The summed E-state index contributed by atoms with van der Waals surface area (Å²) < 4.78 is 8.55. The van der Waals surface area contributed by atoms with E-state index < -0.39 is 0 Å². The van der Waals surface area contributed by atoms with Crippen LogP contribution in [-0.4, -0.2) is 9.55 Å². The first-order valence-electron chi connectivity index (χ1n) is 5.39. The minimum atomic E-state index is 0.410. The standard InChI is InChI=1S/C12H14BrN3O/c1-2-16-11(14)7-15-12(16)8-17-10-6-4-3-5-9(10)13/h3-7H,2,8,14H2,1H3. The molecule has 0 fully saturated rings.